The van der Waals surface area contributed by atoms with E-state index in [0.29, 0.717) is 16.5 Å². The lowest BCUT2D eigenvalue weighted by Crippen LogP contribution is -2.20. The van der Waals surface area contributed by atoms with Crippen LogP contribution in [0.2, 0.25) is 5.02 Å². The van der Waals surface area contributed by atoms with E-state index < -0.39 is 0 Å². The van der Waals surface area contributed by atoms with Crippen molar-refractivity contribution in [2.45, 2.75) is 0 Å². The first-order chi connectivity index (χ1) is 14.7. The molecule has 0 radical (unpaired) electrons. The molecule has 0 atom stereocenters. The van der Waals surface area contributed by atoms with Crippen LogP contribution in [0.5, 0.6) is 5.75 Å². The number of nitrogens with zero attached hydrogens (tertiary/aromatic N) is 2. The first-order valence-electron chi connectivity index (χ1n) is 9.07. The second-order valence-corrected chi connectivity index (χ2v) is 7.51. The van der Waals surface area contributed by atoms with Crippen LogP contribution < -0.4 is 15.4 Å². The zero-order chi connectivity index (χ0) is 20.8. The minimum absolute atomic E-state index is 0.136. The lowest BCUT2D eigenvalue weighted by atomic mass is 10.2. The van der Waals surface area contributed by atoms with Gasteiger partial charge in [-0.2, -0.15) is 0 Å². The number of amides is 1. The van der Waals surface area contributed by atoms with E-state index in [9.17, 15) is 4.79 Å². The van der Waals surface area contributed by atoms with Gasteiger partial charge < -0.3 is 15.4 Å². The van der Waals surface area contributed by atoms with Gasteiger partial charge in [-0.3, -0.25) is 9.78 Å². The summed E-state index contributed by atoms with van der Waals surface area (Å²) < 4.78 is 5.47. The van der Waals surface area contributed by atoms with Crippen molar-refractivity contribution >= 4 is 45.4 Å². The number of para-hydroxylation sites is 1. The van der Waals surface area contributed by atoms with E-state index in [1.165, 1.54) is 11.3 Å². The van der Waals surface area contributed by atoms with E-state index in [1.54, 1.807) is 36.7 Å². The molecule has 6 nitrogen and oxygen atoms in total. The second kappa shape index (κ2) is 9.39. The molecule has 150 valence electrons. The Morgan fingerprint density at radius 1 is 1.03 bits per heavy atom. The smallest absolute Gasteiger partial charge is 0.262 e. The number of halogens is 1. The van der Waals surface area contributed by atoms with Crippen LogP contribution >= 0.6 is 22.9 Å². The monoisotopic (exact) mass is 436 g/mol. The fourth-order valence-electron chi connectivity index (χ4n) is 2.69. The normalized spacial score (nSPS) is 10.4. The second-order valence-electron chi connectivity index (χ2n) is 6.25. The molecule has 2 heterocycles. The van der Waals surface area contributed by atoms with Crippen molar-refractivity contribution in [3.63, 3.8) is 0 Å². The number of rotatable bonds is 7. The predicted octanol–water partition coefficient (Wildman–Crippen LogP) is 5.62. The molecule has 0 fully saturated rings. The molecule has 0 saturated carbocycles. The number of benzene rings is 2. The third-order valence-electron chi connectivity index (χ3n) is 4.07. The molecule has 0 aliphatic heterocycles. The van der Waals surface area contributed by atoms with E-state index >= 15 is 0 Å². The summed E-state index contributed by atoms with van der Waals surface area (Å²) in [7, 11) is 0. The van der Waals surface area contributed by atoms with Crippen LogP contribution in [0, 0.1) is 0 Å². The Labute approximate surface area is 182 Å². The molecule has 4 aromatic rings. The van der Waals surface area contributed by atoms with Gasteiger partial charge in [0.25, 0.3) is 5.91 Å². The Hall–Kier alpha value is -3.42. The largest absolute Gasteiger partial charge is 0.482 e. The summed E-state index contributed by atoms with van der Waals surface area (Å²) in [4.78, 5) is 20.8. The number of carbonyl (C=O) groups is 1. The molecule has 0 spiro atoms. The quantitative estimate of drug-likeness (QED) is 0.393. The molecule has 2 aromatic heterocycles. The Balaban J connectivity index is 1.36. The SMILES string of the molecule is O=C(COc1ccccc1Cl)Nc1cccc(Nc2nc(-c3ccncc3)cs2)c1. The molecule has 8 heteroatoms. The van der Waals surface area contributed by atoms with Crippen molar-refractivity contribution in [3.05, 3.63) is 83.5 Å². The summed E-state index contributed by atoms with van der Waals surface area (Å²) in [6.45, 7) is -0.136. The average molecular weight is 437 g/mol. The summed E-state index contributed by atoms with van der Waals surface area (Å²) in [5.41, 5.74) is 3.36. The zero-order valence-corrected chi connectivity index (χ0v) is 17.3. The van der Waals surface area contributed by atoms with Crippen molar-refractivity contribution < 1.29 is 9.53 Å². The van der Waals surface area contributed by atoms with E-state index in [1.807, 2.05) is 41.8 Å². The number of carbonyl (C=O) groups excluding carboxylic acids is 1. The van der Waals surface area contributed by atoms with Crippen LogP contribution in [0.15, 0.2) is 78.4 Å². The van der Waals surface area contributed by atoms with Crippen molar-refractivity contribution in [3.8, 4) is 17.0 Å². The molecule has 0 saturated heterocycles. The summed E-state index contributed by atoms with van der Waals surface area (Å²) in [5.74, 6) is 0.194. The minimum atomic E-state index is -0.277. The topological polar surface area (TPSA) is 76.1 Å². The maximum atomic E-state index is 12.2. The highest BCUT2D eigenvalue weighted by Crippen LogP contribution is 2.28. The maximum absolute atomic E-state index is 12.2. The fourth-order valence-corrected chi connectivity index (χ4v) is 3.62. The third kappa shape index (κ3) is 5.14. The Kier molecular flexibility index (Phi) is 6.22. The summed E-state index contributed by atoms with van der Waals surface area (Å²) in [6.07, 6.45) is 3.48. The molecule has 2 N–H and O–H groups in total. The van der Waals surface area contributed by atoms with Crippen molar-refractivity contribution in [1.29, 1.82) is 0 Å². The van der Waals surface area contributed by atoms with Gasteiger partial charge in [-0.1, -0.05) is 29.8 Å². The van der Waals surface area contributed by atoms with Gasteiger partial charge in [-0.15, -0.1) is 11.3 Å². The van der Waals surface area contributed by atoms with Gasteiger partial charge in [0.15, 0.2) is 11.7 Å². The van der Waals surface area contributed by atoms with E-state index in [2.05, 4.69) is 20.6 Å². The van der Waals surface area contributed by atoms with Gasteiger partial charge >= 0.3 is 0 Å². The number of anilines is 3. The Morgan fingerprint density at radius 3 is 2.67 bits per heavy atom. The first-order valence-corrected chi connectivity index (χ1v) is 10.3. The van der Waals surface area contributed by atoms with E-state index in [0.717, 1.165) is 22.1 Å². The number of ether oxygens (including phenoxy) is 1. The van der Waals surface area contributed by atoms with Crippen LogP contribution in [0.4, 0.5) is 16.5 Å². The van der Waals surface area contributed by atoms with Gasteiger partial charge in [0.1, 0.15) is 5.75 Å². The highest BCUT2D eigenvalue weighted by atomic mass is 35.5. The number of aromatic nitrogens is 2. The lowest BCUT2D eigenvalue weighted by molar-refractivity contribution is -0.118. The number of hydrogen-bond donors (Lipinski definition) is 2. The van der Waals surface area contributed by atoms with Gasteiger partial charge in [0.2, 0.25) is 0 Å². The average Bonchev–Trinajstić information content (AvgIpc) is 3.22. The summed E-state index contributed by atoms with van der Waals surface area (Å²) in [6, 6.07) is 18.3. The number of nitrogens with one attached hydrogen (secondary N) is 2. The van der Waals surface area contributed by atoms with Crippen LogP contribution in [-0.4, -0.2) is 22.5 Å². The molecule has 2 aromatic carbocycles. The molecular weight excluding hydrogens is 420 g/mol. The van der Waals surface area contributed by atoms with Crippen LogP contribution in [0.1, 0.15) is 0 Å². The minimum Gasteiger partial charge on any atom is -0.482 e. The van der Waals surface area contributed by atoms with Crippen molar-refractivity contribution in [2.75, 3.05) is 17.2 Å². The molecule has 0 unspecified atom stereocenters. The van der Waals surface area contributed by atoms with E-state index in [4.69, 9.17) is 16.3 Å². The number of thiazole rings is 1. The summed E-state index contributed by atoms with van der Waals surface area (Å²) >= 11 is 7.54. The predicted molar refractivity (Wildman–Crippen MR) is 121 cm³/mol. The molecule has 30 heavy (non-hydrogen) atoms. The molecule has 4 rings (SSSR count). The zero-order valence-electron chi connectivity index (χ0n) is 15.7. The van der Waals surface area contributed by atoms with Gasteiger partial charge in [-0.05, 0) is 42.5 Å². The number of pyridine rings is 1. The van der Waals surface area contributed by atoms with Gasteiger partial charge in [0, 0.05) is 34.7 Å². The van der Waals surface area contributed by atoms with Crippen molar-refractivity contribution in [2.24, 2.45) is 0 Å². The standard InChI is InChI=1S/C22H17ClN4O2S/c23-18-6-1-2-7-20(18)29-13-21(28)25-16-4-3-5-17(12-16)26-22-27-19(14-30-22)15-8-10-24-11-9-15/h1-12,14H,13H2,(H,25,28)(H,26,27). The molecule has 0 aliphatic rings. The van der Waals surface area contributed by atoms with Gasteiger partial charge in [-0.25, -0.2) is 4.98 Å². The molecule has 1 amide bonds. The van der Waals surface area contributed by atoms with Gasteiger partial charge in [0.05, 0.1) is 10.7 Å². The van der Waals surface area contributed by atoms with Crippen molar-refractivity contribution in [1.82, 2.24) is 9.97 Å². The third-order valence-corrected chi connectivity index (χ3v) is 5.14. The maximum Gasteiger partial charge on any atom is 0.262 e. The summed E-state index contributed by atoms with van der Waals surface area (Å²) in [5, 5.41) is 9.28. The fraction of sp³-hybridized carbons (Fsp3) is 0.0455. The number of hydrogen-bond acceptors (Lipinski definition) is 6. The van der Waals surface area contributed by atoms with Crippen LogP contribution in [0.25, 0.3) is 11.3 Å². The van der Waals surface area contributed by atoms with E-state index in [-0.39, 0.29) is 12.5 Å². The molecule has 0 aliphatic carbocycles. The lowest BCUT2D eigenvalue weighted by Gasteiger charge is -2.10. The first kappa shape index (κ1) is 19.9. The highest BCUT2D eigenvalue weighted by molar-refractivity contribution is 7.14. The highest BCUT2D eigenvalue weighted by Gasteiger charge is 2.08. The van der Waals surface area contributed by atoms with Crippen LogP contribution in [0.3, 0.4) is 0 Å². The molecular formula is C22H17ClN4O2S. The Bertz CT molecular complexity index is 1150. The molecule has 0 bridgehead atoms. The van der Waals surface area contributed by atoms with Crippen LogP contribution in [-0.2, 0) is 4.79 Å². The Morgan fingerprint density at radius 2 is 1.83 bits per heavy atom.